The molecule has 0 saturated carbocycles. The minimum absolute atomic E-state index is 0.0441. The van der Waals surface area contributed by atoms with Crippen molar-refractivity contribution in [2.45, 2.75) is 6.92 Å². The lowest BCUT2D eigenvalue weighted by Gasteiger charge is -2.14. The third-order valence-electron chi connectivity index (χ3n) is 2.65. The molecule has 0 aromatic heterocycles. The molecule has 1 saturated heterocycles. The molecule has 0 atom stereocenters. The first-order chi connectivity index (χ1) is 8.63. The Balaban J connectivity index is 2.10. The molecule has 0 spiro atoms. The molecule has 5 amide bonds. The molecule has 18 heavy (non-hydrogen) atoms. The fraction of sp³-hybridized carbons (Fsp3) is 0.250. The zero-order valence-corrected chi connectivity index (χ0v) is 9.92. The van der Waals surface area contributed by atoms with E-state index >= 15 is 0 Å². The lowest BCUT2D eigenvalue weighted by Crippen LogP contribution is -2.40. The summed E-state index contributed by atoms with van der Waals surface area (Å²) in [4.78, 5) is 37.1. The Labute approximate surface area is 104 Å². The standard InChI is InChI=1S/C12H13N3O3/c1-2-14-8-10(16)15(12(14)18)11(17)13-9-6-4-3-5-7-9/h3-7H,2,8H2,1H3,(H,13,17). The van der Waals surface area contributed by atoms with Crippen molar-refractivity contribution in [1.82, 2.24) is 9.80 Å². The van der Waals surface area contributed by atoms with Gasteiger partial charge in [-0.05, 0) is 19.1 Å². The highest BCUT2D eigenvalue weighted by Crippen LogP contribution is 2.13. The number of nitrogens with zero attached hydrogens (tertiary/aromatic N) is 2. The van der Waals surface area contributed by atoms with Gasteiger partial charge in [0.2, 0.25) is 0 Å². The summed E-state index contributed by atoms with van der Waals surface area (Å²) < 4.78 is 0. The van der Waals surface area contributed by atoms with Crippen LogP contribution in [0, 0.1) is 0 Å². The van der Waals surface area contributed by atoms with Crippen LogP contribution in [0.15, 0.2) is 30.3 Å². The van der Waals surface area contributed by atoms with Crippen molar-refractivity contribution in [3.63, 3.8) is 0 Å². The van der Waals surface area contributed by atoms with Crippen LogP contribution in [0.5, 0.6) is 0 Å². The van der Waals surface area contributed by atoms with Crippen LogP contribution >= 0.6 is 0 Å². The molecule has 1 heterocycles. The van der Waals surface area contributed by atoms with Crippen LogP contribution in [-0.4, -0.2) is 40.9 Å². The number of benzene rings is 1. The van der Waals surface area contributed by atoms with Gasteiger partial charge in [-0.1, -0.05) is 18.2 Å². The molecule has 1 aliphatic heterocycles. The molecule has 94 valence electrons. The fourth-order valence-corrected chi connectivity index (χ4v) is 1.70. The van der Waals surface area contributed by atoms with E-state index in [0.717, 1.165) is 0 Å². The molecular weight excluding hydrogens is 234 g/mol. The molecule has 1 N–H and O–H groups in total. The van der Waals surface area contributed by atoms with Crippen molar-refractivity contribution in [2.75, 3.05) is 18.4 Å². The summed E-state index contributed by atoms with van der Waals surface area (Å²) in [5.74, 6) is -0.504. The Kier molecular flexibility index (Phi) is 3.27. The molecule has 0 radical (unpaired) electrons. The number of rotatable bonds is 2. The number of imide groups is 3. The number of anilines is 1. The van der Waals surface area contributed by atoms with Crippen molar-refractivity contribution < 1.29 is 14.4 Å². The van der Waals surface area contributed by atoms with Gasteiger partial charge in [-0.3, -0.25) is 4.79 Å². The molecule has 1 fully saturated rings. The van der Waals surface area contributed by atoms with E-state index in [1.165, 1.54) is 4.90 Å². The molecule has 6 nitrogen and oxygen atoms in total. The first-order valence-electron chi connectivity index (χ1n) is 5.61. The van der Waals surface area contributed by atoms with Gasteiger partial charge in [0.25, 0.3) is 5.91 Å². The Morgan fingerprint density at radius 1 is 1.28 bits per heavy atom. The molecular formula is C12H13N3O3. The van der Waals surface area contributed by atoms with Crippen LogP contribution in [-0.2, 0) is 4.79 Å². The fourth-order valence-electron chi connectivity index (χ4n) is 1.70. The van der Waals surface area contributed by atoms with Crippen LogP contribution in [0.3, 0.4) is 0 Å². The predicted molar refractivity (Wildman–Crippen MR) is 64.9 cm³/mol. The Morgan fingerprint density at radius 2 is 1.94 bits per heavy atom. The van der Waals surface area contributed by atoms with Gasteiger partial charge in [0, 0.05) is 12.2 Å². The topological polar surface area (TPSA) is 69.7 Å². The lowest BCUT2D eigenvalue weighted by atomic mass is 10.3. The normalized spacial score (nSPS) is 15.2. The van der Waals surface area contributed by atoms with Crippen LogP contribution < -0.4 is 5.32 Å². The van der Waals surface area contributed by atoms with Crippen LogP contribution in [0.4, 0.5) is 15.3 Å². The van der Waals surface area contributed by atoms with E-state index in [4.69, 9.17) is 0 Å². The number of nitrogens with one attached hydrogen (secondary N) is 1. The second kappa shape index (κ2) is 4.87. The molecule has 0 aliphatic carbocycles. The summed E-state index contributed by atoms with van der Waals surface area (Å²) >= 11 is 0. The number of hydrogen-bond donors (Lipinski definition) is 1. The molecule has 1 aromatic rings. The third-order valence-corrected chi connectivity index (χ3v) is 2.65. The number of amides is 5. The summed E-state index contributed by atoms with van der Waals surface area (Å²) in [5.41, 5.74) is 0.540. The molecule has 1 aromatic carbocycles. The summed E-state index contributed by atoms with van der Waals surface area (Å²) in [6, 6.07) is 7.38. The highest BCUT2D eigenvalue weighted by atomic mass is 16.2. The van der Waals surface area contributed by atoms with Crippen molar-refractivity contribution in [1.29, 1.82) is 0 Å². The number of urea groups is 2. The first-order valence-corrected chi connectivity index (χ1v) is 5.61. The monoisotopic (exact) mass is 247 g/mol. The molecule has 6 heteroatoms. The van der Waals surface area contributed by atoms with E-state index in [2.05, 4.69) is 5.32 Å². The van der Waals surface area contributed by atoms with Gasteiger partial charge in [-0.2, -0.15) is 4.90 Å². The van der Waals surface area contributed by atoms with Crippen molar-refractivity contribution >= 4 is 23.7 Å². The van der Waals surface area contributed by atoms with Gasteiger partial charge in [-0.15, -0.1) is 0 Å². The zero-order chi connectivity index (χ0) is 13.1. The smallest absolute Gasteiger partial charge is 0.315 e. The van der Waals surface area contributed by atoms with Crippen molar-refractivity contribution in [3.8, 4) is 0 Å². The predicted octanol–water partition coefficient (Wildman–Crippen LogP) is 1.50. The number of likely N-dealkylation sites (N-methyl/N-ethyl adjacent to an activating group) is 1. The first kappa shape index (κ1) is 12.1. The van der Waals surface area contributed by atoms with Gasteiger partial charge in [-0.25, -0.2) is 9.59 Å². The second-order valence-corrected chi connectivity index (χ2v) is 3.82. The average Bonchev–Trinajstić information content (AvgIpc) is 2.65. The number of carbonyl (C=O) groups is 3. The second-order valence-electron chi connectivity index (χ2n) is 3.82. The van der Waals surface area contributed by atoms with Crippen LogP contribution in [0.1, 0.15) is 6.92 Å². The third kappa shape index (κ3) is 2.17. The van der Waals surface area contributed by atoms with Crippen LogP contribution in [0.2, 0.25) is 0 Å². The maximum Gasteiger partial charge on any atom is 0.337 e. The summed E-state index contributed by atoms with van der Waals surface area (Å²) in [6.07, 6.45) is 0. The molecule has 2 rings (SSSR count). The maximum atomic E-state index is 11.8. The van der Waals surface area contributed by atoms with E-state index in [0.29, 0.717) is 17.1 Å². The maximum absolute atomic E-state index is 11.8. The van der Waals surface area contributed by atoms with Crippen LogP contribution in [0.25, 0.3) is 0 Å². The van der Waals surface area contributed by atoms with Gasteiger partial charge in [0.15, 0.2) is 0 Å². The molecule has 1 aliphatic rings. The zero-order valence-electron chi connectivity index (χ0n) is 9.92. The van der Waals surface area contributed by atoms with E-state index in [1.54, 1.807) is 37.3 Å². The molecule has 0 unspecified atom stereocenters. The van der Waals surface area contributed by atoms with E-state index in [1.807, 2.05) is 0 Å². The van der Waals surface area contributed by atoms with Crippen molar-refractivity contribution in [3.05, 3.63) is 30.3 Å². The largest absolute Gasteiger partial charge is 0.337 e. The Bertz CT molecular complexity index is 487. The SMILES string of the molecule is CCN1CC(=O)N(C(=O)Nc2ccccc2)C1=O. The van der Waals surface area contributed by atoms with E-state index < -0.39 is 18.0 Å². The number of hydrogen-bond acceptors (Lipinski definition) is 3. The highest BCUT2D eigenvalue weighted by Gasteiger charge is 2.39. The van der Waals surface area contributed by atoms with Gasteiger partial charge in [0.1, 0.15) is 6.54 Å². The minimum atomic E-state index is -0.716. The van der Waals surface area contributed by atoms with Gasteiger partial charge < -0.3 is 10.2 Å². The Morgan fingerprint density at radius 3 is 2.50 bits per heavy atom. The number of para-hydroxylation sites is 1. The van der Waals surface area contributed by atoms with E-state index in [9.17, 15) is 14.4 Å². The molecule has 0 bridgehead atoms. The lowest BCUT2D eigenvalue weighted by molar-refractivity contribution is -0.123. The van der Waals surface area contributed by atoms with E-state index in [-0.39, 0.29) is 6.54 Å². The number of carbonyl (C=O) groups excluding carboxylic acids is 3. The highest BCUT2D eigenvalue weighted by molar-refractivity contribution is 6.17. The van der Waals surface area contributed by atoms with Gasteiger partial charge >= 0.3 is 12.1 Å². The summed E-state index contributed by atoms with van der Waals surface area (Å²) in [7, 11) is 0. The summed E-state index contributed by atoms with van der Waals surface area (Å²) in [5, 5.41) is 2.51. The quantitative estimate of drug-likeness (QED) is 0.805. The van der Waals surface area contributed by atoms with Crippen molar-refractivity contribution in [2.24, 2.45) is 0 Å². The summed E-state index contributed by atoms with van der Waals surface area (Å²) in [6.45, 7) is 2.11. The van der Waals surface area contributed by atoms with Gasteiger partial charge in [0.05, 0.1) is 0 Å². The minimum Gasteiger partial charge on any atom is -0.315 e. The Hall–Kier alpha value is -2.37. The average molecular weight is 247 g/mol.